The highest BCUT2D eigenvalue weighted by molar-refractivity contribution is 6.42. The number of hydrogen-bond acceptors (Lipinski definition) is 19. The van der Waals surface area contributed by atoms with Gasteiger partial charge in [-0.3, -0.25) is 53.6 Å². The maximum absolute atomic E-state index is 13.0. The van der Waals surface area contributed by atoms with Crippen LogP contribution in [-0.4, -0.2) is 329 Å². The number of nitrogens with one attached hydrogen (secondary N) is 3. The first-order chi connectivity index (χ1) is 52.3. The number of carbonyl (C=O) groups excluding carboxylic acids is 3. The van der Waals surface area contributed by atoms with Crippen LogP contribution in [0.5, 0.6) is 0 Å². The largest absolute Gasteiger partial charge is 0.392 e. The minimum atomic E-state index is -0.308. The van der Waals surface area contributed by atoms with E-state index in [0.717, 1.165) is 201 Å². The molecule has 5 aromatic carbocycles. The number of aliphatic hydroxyl groups is 4. The maximum atomic E-state index is 13.0. The van der Waals surface area contributed by atoms with Crippen LogP contribution in [0.25, 0.3) is 0 Å². The molecular weight excluding hydrogens is 1430 g/mol. The molecule has 9 heterocycles. The number of β-amino-alcohol motifs (C(OH)–C–C–N with tert-alkyl or cyclic N) is 4. The number of rotatable bonds is 19. The lowest BCUT2D eigenvalue weighted by atomic mass is 10.1. The number of amides is 3. The highest BCUT2D eigenvalue weighted by atomic mass is 35.5. The van der Waals surface area contributed by atoms with E-state index < -0.39 is 0 Å². The van der Waals surface area contributed by atoms with Gasteiger partial charge in [0.15, 0.2) is 0 Å². The van der Waals surface area contributed by atoms with Crippen molar-refractivity contribution in [1.29, 1.82) is 5.26 Å². The second kappa shape index (κ2) is 46.3. The fourth-order valence-corrected chi connectivity index (χ4v) is 16.6. The first-order valence-corrected chi connectivity index (χ1v) is 40.6. The minimum absolute atomic E-state index is 0.0151. The van der Waals surface area contributed by atoms with Crippen LogP contribution >= 0.6 is 34.8 Å². The Morgan fingerprint density at radius 2 is 0.861 bits per heavy atom. The molecule has 5 aromatic rings. The molecule has 9 aliphatic heterocycles. The Kier molecular flexibility index (Phi) is 37.0. The van der Waals surface area contributed by atoms with Gasteiger partial charge in [0.1, 0.15) is 0 Å². The van der Waals surface area contributed by atoms with Gasteiger partial charge in [-0.25, -0.2) is 0 Å². The summed E-state index contributed by atoms with van der Waals surface area (Å²) in [4.78, 5) is 61.1. The van der Waals surface area contributed by atoms with E-state index in [1.165, 1.54) is 29.2 Å². The van der Waals surface area contributed by atoms with Gasteiger partial charge in [0, 0.05) is 254 Å². The van der Waals surface area contributed by atoms with E-state index in [1.807, 2.05) is 15.9 Å². The summed E-state index contributed by atoms with van der Waals surface area (Å²) in [5, 5.41) is 57.0. The number of piperazine rings is 5. The van der Waals surface area contributed by atoms with Crippen molar-refractivity contribution in [1.82, 2.24) is 69.8 Å². The molecule has 0 aromatic heterocycles. The van der Waals surface area contributed by atoms with Crippen molar-refractivity contribution in [2.75, 3.05) is 183 Å². The Labute approximate surface area is 658 Å². The van der Waals surface area contributed by atoms with Crippen molar-refractivity contribution in [3.63, 3.8) is 0 Å². The Morgan fingerprint density at radius 3 is 1.30 bits per heavy atom. The lowest BCUT2D eigenvalue weighted by Gasteiger charge is -2.43. The van der Waals surface area contributed by atoms with Crippen LogP contribution < -0.4 is 16.0 Å². The molecule has 592 valence electrons. The summed E-state index contributed by atoms with van der Waals surface area (Å²) in [5.74, 6) is 0.894. The van der Waals surface area contributed by atoms with E-state index in [9.17, 15) is 34.8 Å². The van der Waals surface area contributed by atoms with E-state index in [0.29, 0.717) is 72.8 Å². The van der Waals surface area contributed by atoms with Crippen LogP contribution in [0, 0.1) is 11.3 Å². The average molecular weight is 1550 g/mol. The zero-order valence-corrected chi connectivity index (χ0v) is 66.4. The van der Waals surface area contributed by atoms with Crippen molar-refractivity contribution >= 4 is 52.5 Å². The van der Waals surface area contributed by atoms with Gasteiger partial charge in [0.2, 0.25) is 17.7 Å². The van der Waals surface area contributed by atoms with Gasteiger partial charge in [-0.1, -0.05) is 151 Å². The van der Waals surface area contributed by atoms with Crippen LogP contribution in [0.15, 0.2) is 140 Å². The van der Waals surface area contributed by atoms with Gasteiger partial charge < -0.3 is 51.1 Å². The molecule has 0 bridgehead atoms. The number of nitriles is 1. The van der Waals surface area contributed by atoms with Crippen LogP contribution in [0.3, 0.4) is 0 Å². The minimum Gasteiger partial charge on any atom is -0.392 e. The van der Waals surface area contributed by atoms with E-state index in [-0.39, 0.29) is 54.6 Å². The Hall–Kier alpha value is -5.73. The third-order valence-corrected chi connectivity index (χ3v) is 22.9. The molecular formula is C83H122Cl3N15O7. The molecule has 7 N–H and O–H groups in total. The number of halogens is 3. The van der Waals surface area contributed by atoms with Gasteiger partial charge in [-0.2, -0.15) is 5.26 Å². The summed E-state index contributed by atoms with van der Waals surface area (Å²) in [5.41, 5.74) is 6.35. The fraction of sp³-hybridized carbons (Fsp3) is 0.590. The van der Waals surface area contributed by atoms with E-state index in [2.05, 4.69) is 176 Å². The number of nitrogens with zero attached hydrogens (tertiary/aromatic N) is 12. The number of hydrogen-bond donors (Lipinski definition) is 7. The zero-order chi connectivity index (χ0) is 76.6. The Balaban J connectivity index is 0.000000158. The molecule has 0 spiro atoms. The second-order valence-corrected chi connectivity index (χ2v) is 31.6. The first-order valence-electron chi connectivity index (χ1n) is 39.3. The lowest BCUT2D eigenvalue weighted by Crippen LogP contribution is -2.59. The molecule has 3 amide bonds. The summed E-state index contributed by atoms with van der Waals surface area (Å²) in [7, 11) is 0. The maximum Gasteiger partial charge on any atom is 0.227 e. The molecule has 9 aliphatic rings. The summed E-state index contributed by atoms with van der Waals surface area (Å²) < 4.78 is 0. The van der Waals surface area contributed by atoms with Crippen LogP contribution in [0.4, 0.5) is 0 Å². The SMILES string of the molecule is CC#N.CC(=O)N1CCN(C(=O)Cc2ccc(Cl)c(Cl)c2)C(CN2CCC(O)C2)C1.CC(=O)N1CCNC(CN2CCC(O)C2)C1.ClCC1CN(Cc2ccccc2)CCN1Cc1ccccc1.O[C@@H]1CCN(CC2CN(Cc3ccccc3)CCN2Cc2ccccc2)C1.O[C@@H]1CCN(CC2CNCCN2)C1. The number of alkyl halides is 1. The number of benzene rings is 5. The monoisotopic (exact) mass is 1550 g/mol. The van der Waals surface area contributed by atoms with Gasteiger partial charge in [-0.15, -0.1) is 11.6 Å². The predicted molar refractivity (Wildman–Crippen MR) is 432 cm³/mol. The molecule has 0 saturated carbocycles. The predicted octanol–water partition coefficient (Wildman–Crippen LogP) is 5.73. The molecule has 25 heteroatoms. The standard InChI is InChI=1S/C23H31N3O.C19H25Cl2N3O3.C19H23ClN2.C11H21N3O2.C9H19N3O.C2H3N/c27-23-11-12-24(19-23)17-22-18-25(15-20-7-3-1-4-8-20)13-14-26(22)16-21-9-5-2-6-10-21;1-13(25)23-6-7-24(15(11-23)10-22-5-4-16(26)12-22)19(27)9-14-2-3-17(20)18(21)8-14;20-13-19-16-21(14-17-7-3-1-4-8-17)11-12-22(19)15-18-9-5-2-6-10-18;1-9(15)14-5-3-12-10(7-14)6-13-4-2-11(16)8-13;13-9-1-4-12(7-9)6-8-5-10-2-3-11-8;1-2-3/h1-10,22-23,27H,11-19H2;2-3,8,15-16,26H,4-7,9-12H2,1H3;1-10,19H,11-16H2;10-12,16H,2-8H2,1H3;8-11,13H,1-7H2;1H3/t22?,23-;;;;8?,9-;/m1...1./s1. The summed E-state index contributed by atoms with van der Waals surface area (Å²) in [6.45, 7) is 33.2. The van der Waals surface area contributed by atoms with Crippen molar-refractivity contribution in [2.45, 2.75) is 134 Å². The molecule has 14 rings (SSSR count). The third kappa shape index (κ3) is 29.7. The normalized spacial score (nSPS) is 25.5. The smallest absolute Gasteiger partial charge is 0.227 e. The van der Waals surface area contributed by atoms with Crippen molar-refractivity contribution in [3.8, 4) is 6.07 Å². The van der Waals surface area contributed by atoms with Crippen molar-refractivity contribution in [3.05, 3.63) is 177 Å². The van der Waals surface area contributed by atoms with E-state index >= 15 is 0 Å². The molecule has 9 atom stereocenters. The first kappa shape index (κ1) is 86.3. The third-order valence-electron chi connectivity index (χ3n) is 21.8. The van der Waals surface area contributed by atoms with Gasteiger partial charge in [-0.05, 0) is 65.6 Å². The summed E-state index contributed by atoms with van der Waals surface area (Å²) in [6, 6.07) is 51.7. The van der Waals surface area contributed by atoms with Gasteiger partial charge >= 0.3 is 0 Å². The van der Waals surface area contributed by atoms with E-state index in [1.54, 1.807) is 36.9 Å². The van der Waals surface area contributed by atoms with Gasteiger partial charge in [0.25, 0.3) is 0 Å². The molecule has 7 unspecified atom stereocenters. The van der Waals surface area contributed by atoms with Crippen LogP contribution in [-0.2, 0) is 47.0 Å². The average Bonchev–Trinajstić information content (AvgIpc) is 1.07. The quantitative estimate of drug-likeness (QED) is 0.0490. The number of carbonyl (C=O) groups is 3. The Morgan fingerprint density at radius 1 is 0.435 bits per heavy atom. The topological polar surface area (TPSA) is 228 Å². The van der Waals surface area contributed by atoms with Crippen molar-refractivity contribution < 1.29 is 34.8 Å². The van der Waals surface area contributed by atoms with Crippen LogP contribution in [0.1, 0.15) is 74.3 Å². The van der Waals surface area contributed by atoms with Gasteiger partial charge in [0.05, 0.1) is 53.0 Å². The van der Waals surface area contributed by atoms with Crippen LogP contribution in [0.2, 0.25) is 10.0 Å². The summed E-state index contributed by atoms with van der Waals surface area (Å²) >= 11 is 18.3. The molecule has 22 nitrogen and oxygen atoms in total. The molecule has 9 fully saturated rings. The second-order valence-electron chi connectivity index (χ2n) is 30.4. The fourth-order valence-electron chi connectivity index (χ4n) is 16.0. The van der Waals surface area contributed by atoms with Crippen molar-refractivity contribution in [2.24, 2.45) is 0 Å². The molecule has 0 radical (unpaired) electrons. The molecule has 0 aliphatic carbocycles. The number of likely N-dealkylation sites (tertiary alicyclic amines) is 4. The Bertz CT molecular complexity index is 3450. The molecule has 108 heavy (non-hydrogen) atoms. The van der Waals surface area contributed by atoms with E-state index in [4.69, 9.17) is 40.1 Å². The zero-order valence-electron chi connectivity index (χ0n) is 64.2. The summed E-state index contributed by atoms with van der Waals surface area (Å²) in [6.07, 6.45) is 3.04. The highest BCUT2D eigenvalue weighted by Crippen LogP contribution is 2.26. The number of aliphatic hydroxyl groups excluding tert-OH is 4. The highest BCUT2D eigenvalue weighted by Gasteiger charge is 2.36. The lowest BCUT2D eigenvalue weighted by molar-refractivity contribution is -0.142. The molecule has 9 saturated heterocycles.